The van der Waals surface area contributed by atoms with Gasteiger partial charge in [0.2, 0.25) is 0 Å². The Morgan fingerprint density at radius 2 is 2.08 bits per heavy atom. The SMILES string of the molecule is Nc1cc(NCc2ccccn2)c2ccc(C3=CC=NC3)cc2n1. The number of rotatable bonds is 4. The number of benzene rings is 1. The Bertz CT molecular complexity index is 945. The van der Waals surface area contributed by atoms with E-state index in [4.69, 9.17) is 5.73 Å². The summed E-state index contributed by atoms with van der Waals surface area (Å²) in [5.41, 5.74) is 11.1. The molecule has 1 aliphatic rings. The van der Waals surface area contributed by atoms with Gasteiger partial charge in [-0.2, -0.15) is 0 Å². The van der Waals surface area contributed by atoms with E-state index in [9.17, 15) is 0 Å². The molecule has 0 atom stereocenters. The number of aliphatic imine (C=N–C) groups is 1. The number of allylic oxidation sites excluding steroid dienone is 1. The number of anilines is 2. The van der Waals surface area contributed by atoms with Gasteiger partial charge in [-0.3, -0.25) is 9.98 Å². The van der Waals surface area contributed by atoms with Crippen molar-refractivity contribution in [3.05, 3.63) is 66.0 Å². The second-order valence-corrected chi connectivity index (χ2v) is 5.68. The van der Waals surface area contributed by atoms with Crippen LogP contribution >= 0.6 is 0 Å². The first kappa shape index (κ1) is 14.4. The van der Waals surface area contributed by atoms with Gasteiger partial charge in [-0.15, -0.1) is 0 Å². The molecule has 4 rings (SSSR count). The molecule has 5 nitrogen and oxygen atoms in total. The van der Waals surface area contributed by atoms with Crippen LogP contribution in [0.1, 0.15) is 11.3 Å². The summed E-state index contributed by atoms with van der Waals surface area (Å²) in [4.78, 5) is 13.0. The van der Waals surface area contributed by atoms with Gasteiger partial charge in [0.15, 0.2) is 0 Å². The molecule has 3 N–H and O–H groups in total. The summed E-state index contributed by atoms with van der Waals surface area (Å²) in [5.74, 6) is 0.500. The minimum Gasteiger partial charge on any atom is -0.384 e. The van der Waals surface area contributed by atoms with Crippen molar-refractivity contribution in [2.75, 3.05) is 17.6 Å². The molecule has 0 bridgehead atoms. The second-order valence-electron chi connectivity index (χ2n) is 5.68. The van der Waals surface area contributed by atoms with Gasteiger partial charge in [0.05, 0.1) is 24.3 Å². The predicted molar refractivity (Wildman–Crippen MR) is 99.1 cm³/mol. The Labute approximate surface area is 140 Å². The van der Waals surface area contributed by atoms with Crippen LogP contribution in [0.5, 0.6) is 0 Å². The van der Waals surface area contributed by atoms with Gasteiger partial charge in [0.1, 0.15) is 5.82 Å². The van der Waals surface area contributed by atoms with Gasteiger partial charge < -0.3 is 11.1 Å². The fourth-order valence-corrected chi connectivity index (χ4v) is 2.82. The summed E-state index contributed by atoms with van der Waals surface area (Å²) in [6.45, 7) is 1.36. The van der Waals surface area contributed by atoms with E-state index in [-0.39, 0.29) is 0 Å². The molecule has 0 fully saturated rings. The van der Waals surface area contributed by atoms with E-state index in [1.165, 1.54) is 5.57 Å². The van der Waals surface area contributed by atoms with E-state index in [1.807, 2.05) is 36.6 Å². The molecule has 3 heterocycles. The van der Waals surface area contributed by atoms with E-state index in [0.717, 1.165) is 34.4 Å². The smallest absolute Gasteiger partial charge is 0.126 e. The summed E-state index contributed by atoms with van der Waals surface area (Å²) >= 11 is 0. The van der Waals surface area contributed by atoms with Crippen LogP contribution in [0.2, 0.25) is 0 Å². The molecule has 0 saturated heterocycles. The fraction of sp³-hybridized carbons (Fsp3) is 0.105. The van der Waals surface area contributed by atoms with Gasteiger partial charge in [0, 0.05) is 29.6 Å². The number of pyridine rings is 2. The standard InChI is InChI=1S/C19H17N5/c20-19-10-17(23-12-15-3-1-2-7-22-15)16-5-4-13(9-18(16)24-19)14-6-8-21-11-14/h1-10H,11-12H2,(H3,20,23,24). The van der Waals surface area contributed by atoms with Gasteiger partial charge in [-0.05, 0) is 35.4 Å². The van der Waals surface area contributed by atoms with Crippen LogP contribution < -0.4 is 11.1 Å². The molecule has 3 aromatic rings. The minimum absolute atomic E-state index is 0.500. The van der Waals surface area contributed by atoms with Crippen molar-refractivity contribution in [3.8, 4) is 0 Å². The van der Waals surface area contributed by atoms with Gasteiger partial charge in [0.25, 0.3) is 0 Å². The lowest BCUT2D eigenvalue weighted by atomic mass is 10.0. The van der Waals surface area contributed by atoms with Crippen molar-refractivity contribution in [1.82, 2.24) is 9.97 Å². The summed E-state index contributed by atoms with van der Waals surface area (Å²) in [7, 11) is 0. The van der Waals surface area contributed by atoms with Crippen molar-refractivity contribution in [2.24, 2.45) is 4.99 Å². The number of hydrogen-bond acceptors (Lipinski definition) is 5. The Kier molecular flexibility index (Phi) is 3.67. The number of nitrogens with zero attached hydrogens (tertiary/aromatic N) is 3. The molecule has 1 aliphatic heterocycles. The highest BCUT2D eigenvalue weighted by Gasteiger charge is 2.09. The number of nitrogens with one attached hydrogen (secondary N) is 1. The number of aromatic nitrogens is 2. The maximum atomic E-state index is 5.99. The molecule has 0 radical (unpaired) electrons. The molecule has 0 aliphatic carbocycles. The summed E-state index contributed by atoms with van der Waals surface area (Å²) in [6, 6.07) is 14.0. The lowest BCUT2D eigenvalue weighted by Gasteiger charge is -2.12. The van der Waals surface area contributed by atoms with Crippen molar-refractivity contribution in [1.29, 1.82) is 0 Å². The Morgan fingerprint density at radius 1 is 1.12 bits per heavy atom. The molecule has 5 heteroatoms. The first-order chi connectivity index (χ1) is 11.8. The van der Waals surface area contributed by atoms with Crippen LogP contribution in [0.4, 0.5) is 11.5 Å². The fourth-order valence-electron chi connectivity index (χ4n) is 2.82. The van der Waals surface area contributed by atoms with E-state index in [2.05, 4.69) is 38.5 Å². The molecule has 0 saturated carbocycles. The molecule has 24 heavy (non-hydrogen) atoms. The first-order valence-corrected chi connectivity index (χ1v) is 7.83. The highest BCUT2D eigenvalue weighted by molar-refractivity contribution is 5.96. The van der Waals surface area contributed by atoms with Crippen LogP contribution in [0.15, 0.2) is 59.7 Å². The van der Waals surface area contributed by atoms with E-state index in [1.54, 1.807) is 6.20 Å². The summed E-state index contributed by atoms with van der Waals surface area (Å²) in [6.07, 6.45) is 5.67. The van der Waals surface area contributed by atoms with Crippen LogP contribution in [0, 0.1) is 0 Å². The zero-order chi connectivity index (χ0) is 16.4. The van der Waals surface area contributed by atoms with Gasteiger partial charge in [-0.1, -0.05) is 18.2 Å². The first-order valence-electron chi connectivity index (χ1n) is 7.83. The maximum Gasteiger partial charge on any atom is 0.126 e. The van der Waals surface area contributed by atoms with Crippen molar-refractivity contribution < 1.29 is 0 Å². The quantitative estimate of drug-likeness (QED) is 0.774. The van der Waals surface area contributed by atoms with Crippen molar-refractivity contribution >= 4 is 34.2 Å². The Balaban J connectivity index is 1.67. The van der Waals surface area contributed by atoms with E-state index >= 15 is 0 Å². The van der Waals surface area contributed by atoms with Crippen molar-refractivity contribution in [2.45, 2.75) is 6.54 Å². The molecule has 2 aromatic heterocycles. The molecular weight excluding hydrogens is 298 g/mol. The largest absolute Gasteiger partial charge is 0.384 e. The van der Waals surface area contributed by atoms with Gasteiger partial charge >= 0.3 is 0 Å². The zero-order valence-corrected chi connectivity index (χ0v) is 13.1. The average molecular weight is 315 g/mol. The molecular formula is C19H17N5. The van der Waals surface area contributed by atoms with Gasteiger partial charge in [-0.25, -0.2) is 4.98 Å². The lowest BCUT2D eigenvalue weighted by Crippen LogP contribution is -2.03. The van der Waals surface area contributed by atoms with Crippen LogP contribution in [-0.2, 0) is 6.54 Å². The molecule has 1 aromatic carbocycles. The highest BCUT2D eigenvalue weighted by Crippen LogP contribution is 2.28. The normalized spacial score (nSPS) is 13.2. The average Bonchev–Trinajstić information content (AvgIpc) is 3.14. The minimum atomic E-state index is 0.500. The molecule has 0 amide bonds. The second kappa shape index (κ2) is 6.12. The Hall–Kier alpha value is -3.21. The van der Waals surface area contributed by atoms with Crippen LogP contribution in [-0.4, -0.2) is 22.7 Å². The lowest BCUT2D eigenvalue weighted by molar-refractivity contribution is 1.05. The van der Waals surface area contributed by atoms with E-state index < -0.39 is 0 Å². The summed E-state index contributed by atoms with van der Waals surface area (Å²) < 4.78 is 0. The monoisotopic (exact) mass is 315 g/mol. The van der Waals surface area contributed by atoms with E-state index in [0.29, 0.717) is 12.4 Å². The zero-order valence-electron chi connectivity index (χ0n) is 13.1. The molecule has 0 spiro atoms. The third-order valence-corrected chi connectivity index (χ3v) is 4.03. The molecule has 0 unspecified atom stereocenters. The molecule has 118 valence electrons. The predicted octanol–water partition coefficient (Wildman–Crippen LogP) is 3.29. The van der Waals surface area contributed by atoms with Crippen LogP contribution in [0.3, 0.4) is 0 Å². The number of nitrogen functional groups attached to an aromatic ring is 1. The topological polar surface area (TPSA) is 76.2 Å². The highest BCUT2D eigenvalue weighted by atomic mass is 14.9. The third-order valence-electron chi connectivity index (χ3n) is 4.03. The maximum absolute atomic E-state index is 5.99. The third kappa shape index (κ3) is 2.84. The van der Waals surface area contributed by atoms with Crippen LogP contribution in [0.25, 0.3) is 16.5 Å². The number of nitrogens with two attached hydrogens (primary N) is 1. The number of hydrogen-bond donors (Lipinski definition) is 2. The Morgan fingerprint density at radius 3 is 2.88 bits per heavy atom. The van der Waals surface area contributed by atoms with Crippen molar-refractivity contribution in [3.63, 3.8) is 0 Å². The summed E-state index contributed by atoms with van der Waals surface area (Å²) in [5, 5.41) is 4.46. The number of fused-ring (bicyclic) bond motifs is 1.